The minimum absolute atomic E-state index is 0.0399. The molecule has 3 rings (SSSR count). The minimum atomic E-state index is -0.653. The van der Waals surface area contributed by atoms with Gasteiger partial charge in [-0.2, -0.15) is 0 Å². The molecule has 0 aromatic heterocycles. The number of hydrogen-bond donors (Lipinski definition) is 2. The zero-order valence-electron chi connectivity index (χ0n) is 14.7. The molecule has 2 aromatic rings. The molecule has 1 aliphatic carbocycles. The Labute approximate surface area is 161 Å². The summed E-state index contributed by atoms with van der Waals surface area (Å²) in [6, 6.07) is 12.8. The highest BCUT2D eigenvalue weighted by Gasteiger charge is 2.29. The molecule has 5 nitrogen and oxygen atoms in total. The summed E-state index contributed by atoms with van der Waals surface area (Å²) < 4.78 is 6.62. The predicted molar refractivity (Wildman–Crippen MR) is 105 cm³/mol. The van der Waals surface area contributed by atoms with Crippen molar-refractivity contribution in [3.05, 3.63) is 52.5 Å². The molecule has 0 heterocycles. The molecule has 0 saturated heterocycles. The zero-order chi connectivity index (χ0) is 18.7. The normalized spacial score (nSPS) is 14.4. The highest BCUT2D eigenvalue weighted by Crippen LogP contribution is 2.31. The van der Waals surface area contributed by atoms with Gasteiger partial charge in [-0.1, -0.05) is 22.0 Å². The maximum absolute atomic E-state index is 12.5. The van der Waals surface area contributed by atoms with Crippen LogP contribution in [-0.2, 0) is 9.59 Å². The van der Waals surface area contributed by atoms with Gasteiger partial charge in [-0.15, -0.1) is 0 Å². The number of anilines is 2. The Morgan fingerprint density at radius 2 is 1.81 bits per heavy atom. The molecule has 1 fully saturated rings. The summed E-state index contributed by atoms with van der Waals surface area (Å²) in [5.74, 6) is 0.548. The number of hydrogen-bond acceptors (Lipinski definition) is 3. The van der Waals surface area contributed by atoms with Crippen LogP contribution in [-0.4, -0.2) is 17.9 Å². The summed E-state index contributed by atoms with van der Waals surface area (Å²) in [5.41, 5.74) is 2.26. The molecule has 0 radical (unpaired) electrons. The zero-order valence-corrected chi connectivity index (χ0v) is 16.3. The molecule has 136 valence electrons. The molecule has 0 bridgehead atoms. The molecule has 6 heteroatoms. The van der Waals surface area contributed by atoms with Crippen LogP contribution in [0.15, 0.2) is 46.9 Å². The van der Waals surface area contributed by atoms with E-state index in [4.69, 9.17) is 4.74 Å². The lowest BCUT2D eigenvalue weighted by molar-refractivity contribution is -0.122. The van der Waals surface area contributed by atoms with E-state index < -0.39 is 6.10 Å². The van der Waals surface area contributed by atoms with Gasteiger partial charge in [0.2, 0.25) is 5.91 Å². The molecule has 2 amide bonds. The van der Waals surface area contributed by atoms with Crippen molar-refractivity contribution in [2.24, 2.45) is 5.92 Å². The van der Waals surface area contributed by atoms with E-state index in [-0.39, 0.29) is 17.7 Å². The lowest BCUT2D eigenvalue weighted by atomic mass is 10.1. The SMILES string of the molecule is Cc1ccc(NC(=O)C2CC2)cc1NC(=O)C(C)Oc1ccc(Br)cc1. The Balaban J connectivity index is 1.63. The molecule has 1 unspecified atom stereocenters. The van der Waals surface area contributed by atoms with Crippen LogP contribution in [0.4, 0.5) is 11.4 Å². The lowest BCUT2D eigenvalue weighted by Gasteiger charge is -2.16. The summed E-state index contributed by atoms with van der Waals surface area (Å²) in [7, 11) is 0. The number of amides is 2. The van der Waals surface area contributed by atoms with Gasteiger partial charge in [-0.05, 0) is 68.7 Å². The third-order valence-corrected chi connectivity index (χ3v) is 4.74. The number of carbonyl (C=O) groups excluding carboxylic acids is 2. The van der Waals surface area contributed by atoms with Crippen molar-refractivity contribution >= 4 is 39.1 Å². The number of benzene rings is 2. The van der Waals surface area contributed by atoms with Gasteiger partial charge in [-0.25, -0.2) is 0 Å². The van der Waals surface area contributed by atoms with Crippen LogP contribution in [0.5, 0.6) is 5.75 Å². The van der Waals surface area contributed by atoms with E-state index in [1.54, 1.807) is 25.1 Å². The van der Waals surface area contributed by atoms with E-state index in [9.17, 15) is 9.59 Å². The Morgan fingerprint density at radius 1 is 1.12 bits per heavy atom. The molecule has 2 aromatic carbocycles. The van der Waals surface area contributed by atoms with Crippen molar-refractivity contribution in [3.8, 4) is 5.75 Å². The number of rotatable bonds is 6. The first-order valence-corrected chi connectivity index (χ1v) is 9.36. The van der Waals surface area contributed by atoms with Crippen molar-refractivity contribution in [3.63, 3.8) is 0 Å². The van der Waals surface area contributed by atoms with Gasteiger partial charge in [0.05, 0.1) is 0 Å². The fourth-order valence-corrected chi connectivity index (χ4v) is 2.69. The van der Waals surface area contributed by atoms with Gasteiger partial charge in [-0.3, -0.25) is 9.59 Å². The average molecular weight is 417 g/mol. The highest BCUT2D eigenvalue weighted by molar-refractivity contribution is 9.10. The molecule has 0 aliphatic heterocycles. The molecular weight excluding hydrogens is 396 g/mol. The Bertz CT molecular complexity index is 816. The summed E-state index contributed by atoms with van der Waals surface area (Å²) >= 11 is 3.36. The summed E-state index contributed by atoms with van der Waals surface area (Å²) in [6.07, 6.45) is 1.25. The summed E-state index contributed by atoms with van der Waals surface area (Å²) in [5, 5.41) is 5.77. The predicted octanol–water partition coefficient (Wildman–Crippen LogP) is 4.51. The molecular formula is C20H21BrN2O3. The van der Waals surface area contributed by atoms with Gasteiger partial charge in [0, 0.05) is 21.8 Å². The monoisotopic (exact) mass is 416 g/mol. The van der Waals surface area contributed by atoms with E-state index in [0.717, 1.165) is 22.9 Å². The van der Waals surface area contributed by atoms with E-state index in [0.29, 0.717) is 17.1 Å². The largest absolute Gasteiger partial charge is 0.481 e. The number of ether oxygens (including phenoxy) is 1. The Morgan fingerprint density at radius 3 is 2.46 bits per heavy atom. The second-order valence-electron chi connectivity index (χ2n) is 6.50. The van der Waals surface area contributed by atoms with E-state index in [2.05, 4.69) is 26.6 Å². The molecule has 1 saturated carbocycles. The molecule has 26 heavy (non-hydrogen) atoms. The molecule has 0 spiro atoms. The second-order valence-corrected chi connectivity index (χ2v) is 7.41. The Hall–Kier alpha value is -2.34. The maximum Gasteiger partial charge on any atom is 0.265 e. The van der Waals surface area contributed by atoms with Gasteiger partial charge in [0.25, 0.3) is 5.91 Å². The fraction of sp³-hybridized carbons (Fsp3) is 0.300. The topological polar surface area (TPSA) is 67.4 Å². The first-order valence-electron chi connectivity index (χ1n) is 8.57. The van der Waals surface area contributed by atoms with E-state index in [1.807, 2.05) is 31.2 Å². The number of halogens is 1. The third kappa shape index (κ3) is 4.85. The van der Waals surface area contributed by atoms with Gasteiger partial charge < -0.3 is 15.4 Å². The van der Waals surface area contributed by atoms with Crippen LogP contribution >= 0.6 is 15.9 Å². The molecule has 2 N–H and O–H groups in total. The first kappa shape index (κ1) is 18.5. The van der Waals surface area contributed by atoms with Gasteiger partial charge in [0.15, 0.2) is 6.10 Å². The van der Waals surface area contributed by atoms with Crippen molar-refractivity contribution in [1.82, 2.24) is 0 Å². The molecule has 1 aliphatic rings. The van der Waals surface area contributed by atoms with Crippen LogP contribution in [0.3, 0.4) is 0 Å². The quantitative estimate of drug-likeness (QED) is 0.727. The van der Waals surface area contributed by atoms with Crippen LogP contribution in [0, 0.1) is 12.8 Å². The number of aryl methyl sites for hydroxylation is 1. The van der Waals surface area contributed by atoms with E-state index in [1.165, 1.54) is 0 Å². The van der Waals surface area contributed by atoms with Crippen molar-refractivity contribution in [2.75, 3.05) is 10.6 Å². The van der Waals surface area contributed by atoms with Crippen molar-refractivity contribution in [1.29, 1.82) is 0 Å². The lowest BCUT2D eigenvalue weighted by Crippen LogP contribution is -2.30. The smallest absolute Gasteiger partial charge is 0.265 e. The first-order chi connectivity index (χ1) is 12.4. The average Bonchev–Trinajstić information content (AvgIpc) is 3.45. The number of carbonyl (C=O) groups is 2. The third-order valence-electron chi connectivity index (χ3n) is 4.21. The maximum atomic E-state index is 12.5. The van der Waals surface area contributed by atoms with E-state index >= 15 is 0 Å². The highest BCUT2D eigenvalue weighted by atomic mass is 79.9. The standard InChI is InChI=1S/C20H21BrN2O3/c1-12-3-8-16(22-20(25)14-4-5-14)11-18(12)23-19(24)13(2)26-17-9-6-15(21)7-10-17/h3,6-11,13-14H,4-5H2,1-2H3,(H,22,25)(H,23,24). The second kappa shape index (κ2) is 7.91. The summed E-state index contributed by atoms with van der Waals surface area (Å²) in [4.78, 5) is 24.4. The van der Waals surface area contributed by atoms with Gasteiger partial charge in [0.1, 0.15) is 5.75 Å². The minimum Gasteiger partial charge on any atom is -0.481 e. The van der Waals surface area contributed by atoms with Crippen molar-refractivity contribution < 1.29 is 14.3 Å². The van der Waals surface area contributed by atoms with Crippen LogP contribution < -0.4 is 15.4 Å². The molecule has 1 atom stereocenters. The van der Waals surface area contributed by atoms with Gasteiger partial charge >= 0.3 is 0 Å². The summed E-state index contributed by atoms with van der Waals surface area (Å²) in [6.45, 7) is 3.60. The van der Waals surface area contributed by atoms with Crippen LogP contribution in [0.1, 0.15) is 25.3 Å². The van der Waals surface area contributed by atoms with Crippen LogP contribution in [0.25, 0.3) is 0 Å². The number of nitrogens with one attached hydrogen (secondary N) is 2. The van der Waals surface area contributed by atoms with Crippen LogP contribution in [0.2, 0.25) is 0 Å². The Kier molecular flexibility index (Phi) is 5.61. The fourth-order valence-electron chi connectivity index (χ4n) is 2.43. The van der Waals surface area contributed by atoms with Crippen molar-refractivity contribution in [2.45, 2.75) is 32.8 Å².